The lowest BCUT2D eigenvalue weighted by Gasteiger charge is -2.27. The van der Waals surface area contributed by atoms with Crippen molar-refractivity contribution < 1.29 is 0 Å². The van der Waals surface area contributed by atoms with Gasteiger partial charge in [0.05, 0.1) is 23.0 Å². The fraction of sp³-hybridized carbons (Fsp3) is 0.333. The summed E-state index contributed by atoms with van der Waals surface area (Å²) in [6, 6.07) is 16.5. The van der Waals surface area contributed by atoms with Crippen LogP contribution in [0.25, 0.3) is 16.5 Å². The number of likely N-dealkylation sites (tertiary alicyclic amines) is 1. The molecule has 0 N–H and O–H groups in total. The molecule has 0 atom stereocenters. The lowest BCUT2D eigenvalue weighted by Crippen LogP contribution is -2.41. The van der Waals surface area contributed by atoms with Crippen LogP contribution < -0.4 is 11.1 Å². The number of aromatic nitrogens is 2. The van der Waals surface area contributed by atoms with Crippen LogP contribution in [0.3, 0.4) is 0 Å². The van der Waals surface area contributed by atoms with Crippen molar-refractivity contribution in [3.8, 4) is 5.69 Å². The molecule has 0 amide bonds. The highest BCUT2D eigenvalue weighted by molar-refractivity contribution is 5.80. The first-order valence-corrected chi connectivity index (χ1v) is 9.28. The van der Waals surface area contributed by atoms with Crippen molar-refractivity contribution in [2.75, 3.05) is 19.6 Å². The van der Waals surface area contributed by atoms with Crippen LogP contribution in [0.2, 0.25) is 0 Å². The summed E-state index contributed by atoms with van der Waals surface area (Å²) < 4.78 is 3.14. The van der Waals surface area contributed by atoms with E-state index in [-0.39, 0.29) is 11.1 Å². The molecule has 5 nitrogen and oxygen atoms in total. The quantitative estimate of drug-likeness (QED) is 0.727. The van der Waals surface area contributed by atoms with Crippen LogP contribution in [0.4, 0.5) is 0 Å². The zero-order valence-electron chi connectivity index (χ0n) is 14.8. The van der Waals surface area contributed by atoms with E-state index in [9.17, 15) is 9.59 Å². The number of para-hydroxylation sites is 1. The summed E-state index contributed by atoms with van der Waals surface area (Å²) in [4.78, 5) is 28.7. The van der Waals surface area contributed by atoms with Gasteiger partial charge in [-0.2, -0.15) is 0 Å². The van der Waals surface area contributed by atoms with Gasteiger partial charge in [0.2, 0.25) is 0 Å². The largest absolute Gasteiger partial charge is 0.301 e. The number of benzene rings is 2. The number of piperidine rings is 1. The standard InChI is InChI=1S/C21H23N3O2/c25-20-18-11-5-6-12-19(18)21(26)24(17-9-3-1-4-10-17)23(20)16-15-22-13-7-2-8-14-22/h1,3-6,9-12H,2,7-8,13-16H2. The molecule has 0 radical (unpaired) electrons. The van der Waals surface area contributed by atoms with Crippen molar-refractivity contribution in [1.82, 2.24) is 14.3 Å². The topological polar surface area (TPSA) is 47.2 Å². The molecule has 0 spiro atoms. The molecule has 1 aliphatic rings. The van der Waals surface area contributed by atoms with Gasteiger partial charge in [-0.1, -0.05) is 36.8 Å². The Kier molecular flexibility index (Phi) is 4.71. The van der Waals surface area contributed by atoms with Crippen molar-refractivity contribution in [3.05, 3.63) is 75.3 Å². The van der Waals surface area contributed by atoms with Gasteiger partial charge in [-0.25, -0.2) is 9.36 Å². The number of fused-ring (bicyclic) bond motifs is 1. The molecule has 0 aliphatic carbocycles. The minimum absolute atomic E-state index is 0.110. The van der Waals surface area contributed by atoms with Crippen molar-refractivity contribution in [2.24, 2.45) is 0 Å². The minimum Gasteiger partial charge on any atom is -0.301 e. The van der Waals surface area contributed by atoms with Gasteiger partial charge in [0, 0.05) is 6.54 Å². The smallest absolute Gasteiger partial charge is 0.278 e. The van der Waals surface area contributed by atoms with Crippen LogP contribution in [0.15, 0.2) is 64.2 Å². The molecule has 26 heavy (non-hydrogen) atoms. The first-order valence-electron chi connectivity index (χ1n) is 9.28. The monoisotopic (exact) mass is 349 g/mol. The molecule has 134 valence electrons. The van der Waals surface area contributed by atoms with Crippen molar-refractivity contribution in [3.63, 3.8) is 0 Å². The molecule has 0 unspecified atom stereocenters. The maximum absolute atomic E-state index is 13.1. The van der Waals surface area contributed by atoms with Gasteiger partial charge in [-0.05, 0) is 50.2 Å². The number of rotatable bonds is 4. The molecular formula is C21H23N3O2. The van der Waals surface area contributed by atoms with E-state index < -0.39 is 0 Å². The molecule has 5 heteroatoms. The third-order valence-corrected chi connectivity index (χ3v) is 5.13. The Morgan fingerprint density at radius 1 is 0.692 bits per heavy atom. The molecule has 2 heterocycles. The van der Waals surface area contributed by atoms with Gasteiger partial charge in [0.1, 0.15) is 0 Å². The highest BCUT2D eigenvalue weighted by Crippen LogP contribution is 2.11. The Labute approximate surface area is 152 Å². The molecule has 1 saturated heterocycles. The molecule has 1 aliphatic heterocycles. The van der Waals surface area contributed by atoms with Crippen LogP contribution in [-0.4, -0.2) is 33.9 Å². The maximum Gasteiger partial charge on any atom is 0.278 e. The van der Waals surface area contributed by atoms with Crippen LogP contribution in [0, 0.1) is 0 Å². The van der Waals surface area contributed by atoms with Gasteiger partial charge in [0.15, 0.2) is 0 Å². The third-order valence-electron chi connectivity index (χ3n) is 5.13. The highest BCUT2D eigenvalue weighted by Gasteiger charge is 2.16. The summed E-state index contributed by atoms with van der Waals surface area (Å²) in [5.74, 6) is 0. The van der Waals surface area contributed by atoms with Gasteiger partial charge < -0.3 is 4.90 Å². The second-order valence-corrected chi connectivity index (χ2v) is 6.83. The first kappa shape index (κ1) is 16.8. The molecule has 1 aromatic heterocycles. The lowest BCUT2D eigenvalue weighted by molar-refractivity contribution is 0.214. The number of nitrogens with zero attached hydrogens (tertiary/aromatic N) is 3. The Morgan fingerprint density at radius 2 is 1.31 bits per heavy atom. The second kappa shape index (κ2) is 7.30. The van der Waals surface area contributed by atoms with Crippen molar-refractivity contribution in [2.45, 2.75) is 25.8 Å². The fourth-order valence-corrected chi connectivity index (χ4v) is 3.76. The van der Waals surface area contributed by atoms with Gasteiger partial charge in [-0.3, -0.25) is 9.59 Å². The summed E-state index contributed by atoms with van der Waals surface area (Å²) >= 11 is 0. The second-order valence-electron chi connectivity index (χ2n) is 6.83. The summed E-state index contributed by atoms with van der Waals surface area (Å²) in [6.07, 6.45) is 3.69. The van der Waals surface area contributed by atoms with E-state index in [0.717, 1.165) is 25.3 Å². The van der Waals surface area contributed by atoms with E-state index >= 15 is 0 Å². The molecule has 3 aromatic rings. The van der Waals surface area contributed by atoms with Gasteiger partial charge in [-0.15, -0.1) is 0 Å². The maximum atomic E-state index is 13.1. The molecule has 0 bridgehead atoms. The fourth-order valence-electron chi connectivity index (χ4n) is 3.76. The molecule has 1 fully saturated rings. The predicted octanol–water partition coefficient (Wildman–Crippen LogP) is 2.64. The Morgan fingerprint density at radius 3 is 2.00 bits per heavy atom. The van der Waals surface area contributed by atoms with Crippen LogP contribution in [-0.2, 0) is 6.54 Å². The Balaban J connectivity index is 1.84. The lowest BCUT2D eigenvalue weighted by atomic mass is 10.1. The van der Waals surface area contributed by atoms with E-state index in [2.05, 4.69) is 4.90 Å². The average molecular weight is 349 g/mol. The summed E-state index contributed by atoms with van der Waals surface area (Å²) in [7, 11) is 0. The Bertz CT molecular complexity index is 1010. The van der Waals surface area contributed by atoms with Gasteiger partial charge >= 0.3 is 0 Å². The van der Waals surface area contributed by atoms with E-state index in [1.54, 1.807) is 22.9 Å². The number of hydrogen-bond acceptors (Lipinski definition) is 3. The van der Waals surface area contributed by atoms with E-state index in [4.69, 9.17) is 0 Å². The van der Waals surface area contributed by atoms with E-state index in [1.165, 1.54) is 23.9 Å². The van der Waals surface area contributed by atoms with Crippen molar-refractivity contribution in [1.29, 1.82) is 0 Å². The zero-order chi connectivity index (χ0) is 17.9. The molecular weight excluding hydrogens is 326 g/mol. The zero-order valence-corrected chi connectivity index (χ0v) is 14.8. The summed E-state index contributed by atoms with van der Waals surface area (Å²) in [5.41, 5.74) is 0.463. The van der Waals surface area contributed by atoms with E-state index in [1.807, 2.05) is 36.4 Å². The van der Waals surface area contributed by atoms with Crippen LogP contribution in [0.1, 0.15) is 19.3 Å². The Hall–Kier alpha value is -2.66. The van der Waals surface area contributed by atoms with E-state index in [0.29, 0.717) is 17.3 Å². The van der Waals surface area contributed by atoms with Gasteiger partial charge in [0.25, 0.3) is 11.1 Å². The van der Waals surface area contributed by atoms with Crippen molar-refractivity contribution >= 4 is 10.8 Å². The molecule has 2 aromatic carbocycles. The number of hydrogen-bond donors (Lipinski definition) is 0. The minimum atomic E-state index is -0.148. The molecule has 4 rings (SSSR count). The normalized spacial score (nSPS) is 15.4. The average Bonchev–Trinajstić information content (AvgIpc) is 2.71. The SMILES string of the molecule is O=c1c2ccccc2c(=O)n(-c2ccccc2)n1CCN1CCCCC1. The third kappa shape index (κ3) is 3.10. The summed E-state index contributed by atoms with van der Waals surface area (Å²) in [6.45, 7) is 3.42. The first-order chi connectivity index (χ1) is 12.8. The van der Waals surface area contributed by atoms with Crippen LogP contribution in [0.5, 0.6) is 0 Å². The van der Waals surface area contributed by atoms with Crippen LogP contribution >= 0.6 is 0 Å². The highest BCUT2D eigenvalue weighted by atomic mass is 16.2. The molecule has 0 saturated carbocycles. The summed E-state index contributed by atoms with van der Waals surface area (Å²) in [5, 5.41) is 0.957. The predicted molar refractivity (Wildman–Crippen MR) is 104 cm³/mol.